The van der Waals surface area contributed by atoms with Crippen molar-refractivity contribution in [3.63, 3.8) is 0 Å². The number of aliphatic hydroxyl groups is 4. The summed E-state index contributed by atoms with van der Waals surface area (Å²) in [6, 6.07) is 0. The van der Waals surface area contributed by atoms with E-state index in [-0.39, 0.29) is 23.9 Å². The Kier molecular flexibility index (Phi) is 5.38. The Balaban J connectivity index is 1.63. The minimum absolute atomic E-state index is 0.00364. The second-order valence-electron chi connectivity index (χ2n) is 8.92. The fraction of sp³-hybridized carbons (Fsp3) is 0.762. The van der Waals surface area contributed by atoms with Gasteiger partial charge in [0.05, 0.1) is 12.2 Å². The first-order valence-electron chi connectivity index (χ1n) is 10.2. The van der Waals surface area contributed by atoms with Gasteiger partial charge < -0.3 is 34.6 Å². The molecule has 4 N–H and O–H groups in total. The van der Waals surface area contributed by atoms with Crippen LogP contribution < -0.4 is 0 Å². The number of rotatable bonds is 3. The summed E-state index contributed by atoms with van der Waals surface area (Å²) in [5.41, 5.74) is 2.08. The summed E-state index contributed by atoms with van der Waals surface area (Å²) in [5, 5.41) is 40.0. The second kappa shape index (κ2) is 7.44. The zero-order valence-corrected chi connectivity index (χ0v) is 16.9. The molecule has 0 aromatic carbocycles. The van der Waals surface area contributed by atoms with E-state index in [1.54, 1.807) is 6.92 Å². The summed E-state index contributed by atoms with van der Waals surface area (Å²) >= 11 is 0. The summed E-state index contributed by atoms with van der Waals surface area (Å²) < 4.78 is 17.6. The van der Waals surface area contributed by atoms with Gasteiger partial charge >= 0.3 is 5.97 Å². The lowest BCUT2D eigenvalue weighted by atomic mass is 9.76. The highest BCUT2D eigenvalue weighted by Crippen LogP contribution is 2.52. The number of aliphatic hydroxyl groups excluding tert-OH is 4. The summed E-state index contributed by atoms with van der Waals surface area (Å²) in [4.78, 5) is 12.1. The van der Waals surface area contributed by atoms with Crippen molar-refractivity contribution in [3.05, 3.63) is 22.8 Å². The summed E-state index contributed by atoms with van der Waals surface area (Å²) in [5.74, 6) is -0.290. The van der Waals surface area contributed by atoms with Crippen molar-refractivity contribution < 1.29 is 39.4 Å². The molecule has 0 bridgehead atoms. The predicted molar refractivity (Wildman–Crippen MR) is 100 cm³/mol. The number of fused-ring (bicyclic) bond motifs is 3. The molecule has 8 nitrogen and oxygen atoms in total. The van der Waals surface area contributed by atoms with Gasteiger partial charge in [0.1, 0.15) is 30.5 Å². The predicted octanol–water partition coefficient (Wildman–Crippen LogP) is 0.180. The van der Waals surface area contributed by atoms with E-state index in [9.17, 15) is 25.2 Å². The Bertz CT molecular complexity index is 743. The van der Waals surface area contributed by atoms with Crippen LogP contribution in [0.5, 0.6) is 0 Å². The van der Waals surface area contributed by atoms with E-state index in [1.807, 2.05) is 13.8 Å². The summed E-state index contributed by atoms with van der Waals surface area (Å²) in [7, 11) is 0. The Hall–Kier alpha value is -1.29. The van der Waals surface area contributed by atoms with Gasteiger partial charge in [-0.2, -0.15) is 0 Å². The molecule has 0 aromatic rings. The highest BCUT2D eigenvalue weighted by atomic mass is 16.7. The maximum atomic E-state index is 12.1. The van der Waals surface area contributed by atoms with E-state index in [2.05, 4.69) is 6.08 Å². The molecule has 162 valence electrons. The fourth-order valence-corrected chi connectivity index (χ4v) is 5.38. The van der Waals surface area contributed by atoms with Crippen LogP contribution in [0.2, 0.25) is 0 Å². The summed E-state index contributed by atoms with van der Waals surface area (Å²) in [6.45, 7) is 5.28. The van der Waals surface area contributed by atoms with Crippen LogP contribution in [0.4, 0.5) is 0 Å². The monoisotopic (exact) mass is 410 g/mol. The topological polar surface area (TPSA) is 126 Å². The van der Waals surface area contributed by atoms with Crippen LogP contribution in [-0.4, -0.2) is 75.4 Å². The fourth-order valence-electron chi connectivity index (χ4n) is 5.38. The lowest BCUT2D eigenvalue weighted by Crippen LogP contribution is -2.61. The van der Waals surface area contributed by atoms with Crippen LogP contribution in [-0.2, 0) is 19.0 Å². The zero-order chi connectivity index (χ0) is 21.1. The van der Waals surface area contributed by atoms with Gasteiger partial charge in [-0.25, -0.2) is 4.79 Å². The minimum atomic E-state index is -1.48. The summed E-state index contributed by atoms with van der Waals surface area (Å²) in [6.07, 6.45) is -2.77. The molecule has 2 aliphatic heterocycles. The normalized spacial score (nSPS) is 47.4. The van der Waals surface area contributed by atoms with Crippen molar-refractivity contribution in [1.29, 1.82) is 0 Å². The number of esters is 1. The van der Waals surface area contributed by atoms with Crippen LogP contribution in [0.25, 0.3) is 0 Å². The lowest BCUT2D eigenvalue weighted by molar-refractivity contribution is -0.332. The molecule has 29 heavy (non-hydrogen) atoms. The smallest absolute Gasteiger partial charge is 0.334 e. The minimum Gasteiger partial charge on any atom is -0.454 e. The van der Waals surface area contributed by atoms with Crippen LogP contribution >= 0.6 is 0 Å². The van der Waals surface area contributed by atoms with Crippen LogP contribution in [0.15, 0.2) is 22.8 Å². The average Bonchev–Trinajstić information content (AvgIpc) is 3.17. The van der Waals surface area contributed by atoms with Crippen molar-refractivity contribution in [2.45, 2.75) is 82.4 Å². The van der Waals surface area contributed by atoms with Gasteiger partial charge in [0.15, 0.2) is 6.29 Å². The van der Waals surface area contributed by atoms with E-state index in [1.165, 1.54) is 0 Å². The third-order valence-electron chi connectivity index (χ3n) is 7.25. The molecule has 1 saturated heterocycles. The molecular weight excluding hydrogens is 380 g/mol. The number of ether oxygens (including phenoxy) is 3. The Morgan fingerprint density at radius 3 is 2.62 bits per heavy atom. The maximum Gasteiger partial charge on any atom is 0.334 e. The molecule has 2 fully saturated rings. The molecule has 0 aromatic heterocycles. The van der Waals surface area contributed by atoms with E-state index in [0.29, 0.717) is 18.4 Å². The van der Waals surface area contributed by atoms with Crippen molar-refractivity contribution in [2.75, 3.05) is 6.61 Å². The van der Waals surface area contributed by atoms with Gasteiger partial charge in [0, 0.05) is 17.4 Å². The molecule has 4 aliphatic rings. The van der Waals surface area contributed by atoms with Crippen molar-refractivity contribution >= 4 is 5.97 Å². The van der Waals surface area contributed by atoms with Crippen molar-refractivity contribution in [3.8, 4) is 0 Å². The number of hydrogen-bond donors (Lipinski definition) is 4. The van der Waals surface area contributed by atoms with Gasteiger partial charge in [-0.1, -0.05) is 11.6 Å². The second-order valence-corrected chi connectivity index (χ2v) is 8.92. The van der Waals surface area contributed by atoms with Crippen LogP contribution in [0, 0.1) is 11.8 Å². The van der Waals surface area contributed by atoms with E-state index in [4.69, 9.17) is 14.2 Å². The van der Waals surface area contributed by atoms with Gasteiger partial charge in [-0.15, -0.1) is 0 Å². The molecule has 4 rings (SSSR count). The maximum absolute atomic E-state index is 12.1. The molecule has 0 radical (unpaired) electrons. The van der Waals surface area contributed by atoms with Gasteiger partial charge in [0.2, 0.25) is 0 Å². The van der Waals surface area contributed by atoms with E-state index in [0.717, 1.165) is 17.6 Å². The molecular formula is C21H30O8. The van der Waals surface area contributed by atoms with Gasteiger partial charge in [-0.05, 0) is 45.6 Å². The first-order valence-corrected chi connectivity index (χ1v) is 10.2. The molecule has 0 amide bonds. The number of carbonyl (C=O) groups is 1. The average molecular weight is 410 g/mol. The first kappa shape index (κ1) is 21.0. The molecule has 2 heterocycles. The molecule has 8 heteroatoms. The van der Waals surface area contributed by atoms with Crippen molar-refractivity contribution in [2.24, 2.45) is 11.8 Å². The standard InChI is InChI=1S/C21H30O8/c1-9-4-5-12-14(9)18-11(10(2)19(26)28-18)6-7-21(12,3)29-20-17(25)16(24)15(23)13(8-22)27-20/h4,12-18,20,22-25H,5-8H2,1-3H3/t12-,13?,14+,15?,16?,17?,18+,20?,21-/m1/s1. The quantitative estimate of drug-likeness (QED) is 0.384. The first-order chi connectivity index (χ1) is 13.7. The molecule has 9 atom stereocenters. The van der Waals surface area contributed by atoms with Gasteiger partial charge in [0.25, 0.3) is 0 Å². The Morgan fingerprint density at radius 1 is 1.21 bits per heavy atom. The molecule has 5 unspecified atom stereocenters. The molecule has 0 spiro atoms. The number of allylic oxidation sites excluding steroid dienone is 1. The van der Waals surface area contributed by atoms with Crippen molar-refractivity contribution in [1.82, 2.24) is 0 Å². The van der Waals surface area contributed by atoms with Crippen LogP contribution in [0.1, 0.15) is 40.0 Å². The highest BCUT2D eigenvalue weighted by molar-refractivity contribution is 5.91. The molecule has 1 saturated carbocycles. The SMILES string of the molecule is CC1=CC[C@@H]2[C@H]1[C@H]1OC(=O)C(C)=C1CC[C@@]2(C)OC1OC(CO)C(O)C(O)C1O. The largest absolute Gasteiger partial charge is 0.454 e. The van der Waals surface area contributed by atoms with E-state index < -0.39 is 42.9 Å². The Morgan fingerprint density at radius 2 is 1.93 bits per heavy atom. The lowest BCUT2D eigenvalue weighted by Gasteiger charge is -2.46. The van der Waals surface area contributed by atoms with Gasteiger partial charge in [-0.3, -0.25) is 0 Å². The Labute approximate surface area is 169 Å². The third kappa shape index (κ3) is 3.26. The third-order valence-corrected chi connectivity index (χ3v) is 7.25. The van der Waals surface area contributed by atoms with Crippen LogP contribution in [0.3, 0.4) is 0 Å². The van der Waals surface area contributed by atoms with E-state index >= 15 is 0 Å². The number of carbonyl (C=O) groups excluding carboxylic acids is 1. The zero-order valence-electron chi connectivity index (χ0n) is 16.9. The number of hydrogen-bond acceptors (Lipinski definition) is 8. The highest BCUT2D eigenvalue weighted by Gasteiger charge is 2.55. The molecule has 2 aliphatic carbocycles.